The summed E-state index contributed by atoms with van der Waals surface area (Å²) in [6.07, 6.45) is 1.65. The predicted octanol–water partition coefficient (Wildman–Crippen LogP) is 5.22. The number of nitrogens with zero attached hydrogens (tertiary/aromatic N) is 3. The molecule has 28 heavy (non-hydrogen) atoms. The third kappa shape index (κ3) is 3.21. The molecule has 1 aromatic heterocycles. The number of aromatic nitrogens is 2. The summed E-state index contributed by atoms with van der Waals surface area (Å²) in [7, 11) is 0. The Morgan fingerprint density at radius 3 is 2.71 bits per heavy atom. The molecule has 146 valence electrons. The zero-order valence-electron chi connectivity index (χ0n) is 17.3. The molecule has 1 saturated heterocycles. The monoisotopic (exact) mass is 375 g/mol. The van der Waals surface area contributed by atoms with E-state index in [4.69, 9.17) is 4.98 Å². The molecular formula is C24H29N3O. The number of hydrogen-bond acceptors (Lipinski definition) is 2. The van der Waals surface area contributed by atoms with Gasteiger partial charge in [-0.1, -0.05) is 44.5 Å². The molecule has 1 aliphatic rings. The molecule has 4 heteroatoms. The van der Waals surface area contributed by atoms with Gasteiger partial charge >= 0.3 is 0 Å². The Morgan fingerprint density at radius 2 is 1.93 bits per heavy atom. The number of carbonyl (C=O) groups excluding carboxylic acids is 1. The van der Waals surface area contributed by atoms with E-state index in [0.717, 1.165) is 30.0 Å². The lowest BCUT2D eigenvalue weighted by atomic mass is 10.1. The highest BCUT2D eigenvalue weighted by atomic mass is 16.2. The summed E-state index contributed by atoms with van der Waals surface area (Å²) in [5, 5.41) is 0. The van der Waals surface area contributed by atoms with E-state index in [1.54, 1.807) is 0 Å². The maximum atomic E-state index is 12.9. The zero-order chi connectivity index (χ0) is 19.8. The molecule has 1 aliphatic heterocycles. The first-order valence-electron chi connectivity index (χ1n) is 10.3. The molecule has 4 nitrogen and oxygen atoms in total. The van der Waals surface area contributed by atoms with Crippen LogP contribution in [-0.4, -0.2) is 22.0 Å². The van der Waals surface area contributed by atoms with Crippen LogP contribution >= 0.6 is 0 Å². The largest absolute Gasteiger partial charge is 0.327 e. The van der Waals surface area contributed by atoms with E-state index >= 15 is 0 Å². The highest BCUT2D eigenvalue weighted by molar-refractivity contribution is 5.97. The van der Waals surface area contributed by atoms with Gasteiger partial charge in [-0.15, -0.1) is 0 Å². The molecule has 1 fully saturated rings. The van der Waals surface area contributed by atoms with E-state index in [2.05, 4.69) is 62.6 Å². The lowest BCUT2D eigenvalue weighted by Crippen LogP contribution is -2.25. The second kappa shape index (κ2) is 7.42. The van der Waals surface area contributed by atoms with E-state index in [-0.39, 0.29) is 11.8 Å². The van der Waals surface area contributed by atoms with Crippen molar-refractivity contribution >= 4 is 22.6 Å². The Morgan fingerprint density at radius 1 is 1.14 bits per heavy atom. The van der Waals surface area contributed by atoms with Gasteiger partial charge in [0, 0.05) is 31.1 Å². The van der Waals surface area contributed by atoms with Crippen molar-refractivity contribution in [3.8, 4) is 0 Å². The van der Waals surface area contributed by atoms with Crippen molar-refractivity contribution in [2.45, 2.75) is 53.0 Å². The van der Waals surface area contributed by atoms with Crippen LogP contribution in [0.5, 0.6) is 0 Å². The third-order valence-corrected chi connectivity index (χ3v) is 6.23. The molecular weight excluding hydrogens is 346 g/mol. The van der Waals surface area contributed by atoms with Gasteiger partial charge in [-0.2, -0.15) is 0 Å². The van der Waals surface area contributed by atoms with E-state index < -0.39 is 0 Å². The van der Waals surface area contributed by atoms with E-state index in [1.165, 1.54) is 16.6 Å². The molecule has 4 rings (SSSR count). The third-order valence-electron chi connectivity index (χ3n) is 6.23. The maximum Gasteiger partial charge on any atom is 0.227 e. The van der Waals surface area contributed by atoms with Crippen molar-refractivity contribution in [1.29, 1.82) is 0 Å². The highest BCUT2D eigenvalue weighted by Crippen LogP contribution is 2.35. The molecule has 0 spiro atoms. The first-order chi connectivity index (χ1) is 13.5. The number of imidazole rings is 1. The lowest BCUT2D eigenvalue weighted by Gasteiger charge is -2.21. The summed E-state index contributed by atoms with van der Waals surface area (Å²) < 4.78 is 2.36. The normalized spacial score (nSPS) is 18.2. The highest BCUT2D eigenvalue weighted by Gasteiger charge is 2.35. The topological polar surface area (TPSA) is 38.1 Å². The van der Waals surface area contributed by atoms with Crippen molar-refractivity contribution in [2.75, 3.05) is 11.4 Å². The summed E-state index contributed by atoms with van der Waals surface area (Å²) in [6, 6.07) is 14.5. The standard InChI is InChI=1S/C24H29N3O/c1-5-16(2)14-27-22-11-7-6-10-20(22)25-24(27)19-13-23(28)26(15-19)21-12-8-9-17(3)18(21)4/h6-12,16,19H,5,13-15H2,1-4H3. The summed E-state index contributed by atoms with van der Waals surface area (Å²) in [5.41, 5.74) is 5.65. The van der Waals surface area contributed by atoms with Crippen molar-refractivity contribution in [1.82, 2.24) is 9.55 Å². The van der Waals surface area contributed by atoms with Gasteiger partial charge in [-0.25, -0.2) is 4.98 Å². The lowest BCUT2D eigenvalue weighted by molar-refractivity contribution is -0.117. The number of aryl methyl sites for hydroxylation is 1. The van der Waals surface area contributed by atoms with Gasteiger partial charge in [0.1, 0.15) is 5.82 Å². The van der Waals surface area contributed by atoms with Gasteiger partial charge in [-0.3, -0.25) is 4.79 Å². The number of benzene rings is 2. The number of anilines is 1. The van der Waals surface area contributed by atoms with Crippen LogP contribution in [0.3, 0.4) is 0 Å². The van der Waals surface area contributed by atoms with Crippen LogP contribution in [0.25, 0.3) is 11.0 Å². The molecule has 0 radical (unpaired) electrons. The SMILES string of the molecule is CCC(C)Cn1c(C2CC(=O)N(c3cccc(C)c3C)C2)nc2ccccc21. The number of amides is 1. The van der Waals surface area contributed by atoms with Gasteiger partial charge in [-0.05, 0) is 49.1 Å². The first kappa shape index (κ1) is 18.7. The van der Waals surface area contributed by atoms with Crippen LogP contribution in [0, 0.1) is 19.8 Å². The molecule has 2 atom stereocenters. The molecule has 0 bridgehead atoms. The molecule has 1 amide bonds. The van der Waals surface area contributed by atoms with Crippen LogP contribution in [-0.2, 0) is 11.3 Å². The van der Waals surface area contributed by atoms with Crippen LogP contribution in [0.4, 0.5) is 5.69 Å². The summed E-state index contributed by atoms with van der Waals surface area (Å²) in [6.45, 7) is 10.4. The van der Waals surface area contributed by atoms with E-state index in [0.29, 0.717) is 18.9 Å². The molecule has 0 saturated carbocycles. The Labute approximate surface area is 167 Å². The van der Waals surface area contributed by atoms with Gasteiger partial charge in [0.25, 0.3) is 0 Å². The number of carbonyl (C=O) groups is 1. The van der Waals surface area contributed by atoms with Crippen LogP contribution in [0.1, 0.15) is 49.6 Å². The molecule has 0 N–H and O–H groups in total. The Balaban J connectivity index is 1.72. The smallest absolute Gasteiger partial charge is 0.227 e. The van der Waals surface area contributed by atoms with Crippen LogP contribution in [0.2, 0.25) is 0 Å². The van der Waals surface area contributed by atoms with Crippen molar-refractivity contribution in [2.24, 2.45) is 5.92 Å². The van der Waals surface area contributed by atoms with Gasteiger partial charge in [0.05, 0.1) is 11.0 Å². The van der Waals surface area contributed by atoms with Crippen LogP contribution in [0.15, 0.2) is 42.5 Å². The molecule has 2 heterocycles. The average molecular weight is 376 g/mol. The second-order valence-electron chi connectivity index (χ2n) is 8.21. The molecule has 3 aromatic rings. The summed E-state index contributed by atoms with van der Waals surface area (Å²) >= 11 is 0. The second-order valence-corrected chi connectivity index (χ2v) is 8.21. The minimum atomic E-state index is 0.129. The predicted molar refractivity (Wildman–Crippen MR) is 115 cm³/mol. The molecule has 2 aromatic carbocycles. The Kier molecular flexibility index (Phi) is 4.96. The quantitative estimate of drug-likeness (QED) is 0.613. The van der Waals surface area contributed by atoms with E-state index in [1.807, 2.05) is 17.0 Å². The van der Waals surface area contributed by atoms with Gasteiger partial charge in [0.2, 0.25) is 5.91 Å². The Hall–Kier alpha value is -2.62. The first-order valence-corrected chi connectivity index (χ1v) is 10.3. The van der Waals surface area contributed by atoms with Crippen molar-refractivity contribution in [3.05, 3.63) is 59.4 Å². The van der Waals surface area contributed by atoms with E-state index in [9.17, 15) is 4.79 Å². The van der Waals surface area contributed by atoms with Crippen LogP contribution < -0.4 is 4.90 Å². The van der Waals surface area contributed by atoms with Gasteiger partial charge in [0.15, 0.2) is 0 Å². The van der Waals surface area contributed by atoms with Gasteiger partial charge < -0.3 is 9.47 Å². The average Bonchev–Trinajstić information content (AvgIpc) is 3.25. The van der Waals surface area contributed by atoms with Crippen molar-refractivity contribution in [3.63, 3.8) is 0 Å². The zero-order valence-corrected chi connectivity index (χ0v) is 17.3. The summed E-state index contributed by atoms with van der Waals surface area (Å²) in [4.78, 5) is 19.8. The fraction of sp³-hybridized carbons (Fsp3) is 0.417. The fourth-order valence-corrected chi connectivity index (χ4v) is 4.18. The number of hydrogen-bond donors (Lipinski definition) is 0. The summed E-state index contributed by atoms with van der Waals surface area (Å²) in [5.74, 6) is 1.95. The minimum Gasteiger partial charge on any atom is -0.327 e. The minimum absolute atomic E-state index is 0.129. The molecule has 2 unspecified atom stereocenters. The Bertz CT molecular complexity index is 1020. The number of para-hydroxylation sites is 2. The van der Waals surface area contributed by atoms with Crippen molar-refractivity contribution < 1.29 is 4.79 Å². The molecule has 0 aliphatic carbocycles. The number of rotatable bonds is 5. The number of fused-ring (bicyclic) bond motifs is 1. The maximum absolute atomic E-state index is 12.9. The fourth-order valence-electron chi connectivity index (χ4n) is 4.18.